The predicted octanol–water partition coefficient (Wildman–Crippen LogP) is 3.07. The number of likely N-dealkylation sites (N-methyl/N-ethyl adjacent to an activating group) is 1. The normalized spacial score (nSPS) is 12.4. The maximum atomic E-state index is 5.73. The molecule has 0 saturated heterocycles. The van der Waals surface area contributed by atoms with Crippen molar-refractivity contribution in [3.05, 3.63) is 28.7 Å². The smallest absolute Gasteiger partial charge is 0.120 e. The summed E-state index contributed by atoms with van der Waals surface area (Å²) in [6, 6.07) is 7.87. The van der Waals surface area contributed by atoms with Crippen LogP contribution in [0.5, 0.6) is 5.75 Å². The lowest BCUT2D eigenvalue weighted by Crippen LogP contribution is -2.36. The summed E-state index contributed by atoms with van der Waals surface area (Å²) in [7, 11) is 0. The van der Waals surface area contributed by atoms with Crippen molar-refractivity contribution < 1.29 is 4.74 Å². The van der Waals surface area contributed by atoms with Crippen molar-refractivity contribution in [2.24, 2.45) is 11.7 Å². The molecule has 0 saturated carbocycles. The molecule has 1 aromatic rings. The van der Waals surface area contributed by atoms with E-state index in [2.05, 4.69) is 34.7 Å². The Balaban J connectivity index is 2.35. The van der Waals surface area contributed by atoms with Gasteiger partial charge in [0, 0.05) is 23.5 Å². The van der Waals surface area contributed by atoms with Gasteiger partial charge in [0.05, 0.1) is 4.99 Å². The molecule has 0 aromatic heterocycles. The van der Waals surface area contributed by atoms with E-state index in [1.807, 2.05) is 24.3 Å². The second-order valence-electron chi connectivity index (χ2n) is 4.50. The molecule has 1 unspecified atom stereocenters. The van der Waals surface area contributed by atoms with Crippen LogP contribution in [0.15, 0.2) is 28.7 Å². The lowest BCUT2D eigenvalue weighted by atomic mass is 10.1. The molecule has 1 aromatic carbocycles. The fourth-order valence-electron chi connectivity index (χ4n) is 1.71. The molecule has 0 aliphatic heterocycles. The first kappa shape index (κ1) is 16.4. The van der Waals surface area contributed by atoms with Crippen molar-refractivity contribution in [3.8, 4) is 5.75 Å². The first-order valence-corrected chi connectivity index (χ1v) is 7.63. The number of hydrogen-bond donors (Lipinski definition) is 1. The van der Waals surface area contributed by atoms with E-state index in [0.717, 1.165) is 29.9 Å². The largest absolute Gasteiger partial charge is 0.492 e. The Morgan fingerprint density at radius 2 is 2.26 bits per heavy atom. The van der Waals surface area contributed by atoms with E-state index in [-0.39, 0.29) is 5.92 Å². The van der Waals surface area contributed by atoms with Crippen LogP contribution in [0.2, 0.25) is 0 Å². The lowest BCUT2D eigenvalue weighted by molar-refractivity contribution is 0.208. The Labute approximate surface area is 129 Å². The van der Waals surface area contributed by atoms with E-state index in [0.29, 0.717) is 11.6 Å². The van der Waals surface area contributed by atoms with Crippen molar-refractivity contribution in [1.29, 1.82) is 0 Å². The second-order valence-corrected chi connectivity index (χ2v) is 5.89. The summed E-state index contributed by atoms with van der Waals surface area (Å²) in [5.41, 5.74) is 5.64. The quantitative estimate of drug-likeness (QED) is 0.735. The molecule has 0 aliphatic carbocycles. The van der Waals surface area contributed by atoms with Gasteiger partial charge in [-0.3, -0.25) is 4.90 Å². The van der Waals surface area contributed by atoms with Crippen molar-refractivity contribution in [1.82, 2.24) is 4.90 Å². The molecule has 0 amide bonds. The SMILES string of the molecule is CCN(CCOc1cccc(Br)c1)CC(C)C(N)=S. The van der Waals surface area contributed by atoms with Gasteiger partial charge in [-0.05, 0) is 24.7 Å². The summed E-state index contributed by atoms with van der Waals surface area (Å²) in [6.07, 6.45) is 0. The highest BCUT2D eigenvalue weighted by Crippen LogP contribution is 2.17. The van der Waals surface area contributed by atoms with E-state index in [1.54, 1.807) is 0 Å². The minimum Gasteiger partial charge on any atom is -0.492 e. The number of nitrogens with two attached hydrogens (primary N) is 1. The first-order chi connectivity index (χ1) is 9.02. The van der Waals surface area contributed by atoms with E-state index >= 15 is 0 Å². The van der Waals surface area contributed by atoms with Crippen molar-refractivity contribution in [2.45, 2.75) is 13.8 Å². The molecule has 0 aliphatic rings. The molecule has 0 spiro atoms. The predicted molar refractivity (Wildman–Crippen MR) is 87.7 cm³/mol. The fourth-order valence-corrected chi connectivity index (χ4v) is 2.16. The highest BCUT2D eigenvalue weighted by molar-refractivity contribution is 9.10. The van der Waals surface area contributed by atoms with Crippen LogP contribution in [0.3, 0.4) is 0 Å². The summed E-state index contributed by atoms with van der Waals surface area (Å²) < 4.78 is 6.75. The van der Waals surface area contributed by atoms with Crippen molar-refractivity contribution in [3.63, 3.8) is 0 Å². The Bertz CT molecular complexity index is 414. The minimum atomic E-state index is 0.237. The number of ether oxygens (including phenoxy) is 1. The Morgan fingerprint density at radius 3 is 2.84 bits per heavy atom. The standard InChI is InChI=1S/C14H21BrN2OS/c1-3-17(10-11(2)14(16)19)7-8-18-13-6-4-5-12(15)9-13/h4-6,9,11H,3,7-8,10H2,1-2H3,(H2,16,19). The molecule has 1 rings (SSSR count). The molecule has 3 nitrogen and oxygen atoms in total. The van der Waals surface area contributed by atoms with Crippen LogP contribution in [-0.2, 0) is 0 Å². The molecule has 0 radical (unpaired) electrons. The fraction of sp³-hybridized carbons (Fsp3) is 0.500. The Hall–Kier alpha value is -0.650. The average Bonchev–Trinajstić information content (AvgIpc) is 2.37. The van der Waals surface area contributed by atoms with E-state index in [4.69, 9.17) is 22.7 Å². The third-order valence-electron chi connectivity index (χ3n) is 2.94. The summed E-state index contributed by atoms with van der Waals surface area (Å²) in [5, 5.41) is 0. The molecular weight excluding hydrogens is 324 g/mol. The third kappa shape index (κ3) is 6.36. The number of rotatable bonds is 8. The highest BCUT2D eigenvalue weighted by Gasteiger charge is 2.10. The average molecular weight is 345 g/mol. The van der Waals surface area contributed by atoms with Gasteiger partial charge in [-0.2, -0.15) is 0 Å². The number of nitrogens with zero attached hydrogens (tertiary/aromatic N) is 1. The minimum absolute atomic E-state index is 0.237. The van der Waals surface area contributed by atoms with Gasteiger partial charge in [-0.25, -0.2) is 0 Å². The van der Waals surface area contributed by atoms with Crippen LogP contribution in [0.25, 0.3) is 0 Å². The van der Waals surface area contributed by atoms with Gasteiger partial charge in [0.1, 0.15) is 12.4 Å². The topological polar surface area (TPSA) is 38.5 Å². The Morgan fingerprint density at radius 1 is 1.53 bits per heavy atom. The monoisotopic (exact) mass is 344 g/mol. The second kappa shape index (κ2) is 8.51. The van der Waals surface area contributed by atoms with Gasteiger partial charge in [0.2, 0.25) is 0 Å². The molecule has 0 heterocycles. The van der Waals surface area contributed by atoms with Gasteiger partial charge >= 0.3 is 0 Å². The number of hydrogen-bond acceptors (Lipinski definition) is 3. The van der Waals surface area contributed by atoms with Gasteiger partial charge < -0.3 is 10.5 Å². The number of thiocarbonyl (C=S) groups is 1. The van der Waals surface area contributed by atoms with Gasteiger partial charge in [0.25, 0.3) is 0 Å². The van der Waals surface area contributed by atoms with Gasteiger partial charge in [0.15, 0.2) is 0 Å². The third-order valence-corrected chi connectivity index (χ3v) is 3.83. The molecule has 1 atom stereocenters. The summed E-state index contributed by atoms with van der Waals surface area (Å²) >= 11 is 8.43. The van der Waals surface area contributed by atoms with Crippen LogP contribution < -0.4 is 10.5 Å². The van der Waals surface area contributed by atoms with Crippen LogP contribution >= 0.6 is 28.1 Å². The summed E-state index contributed by atoms with van der Waals surface area (Å²) in [4.78, 5) is 2.87. The zero-order chi connectivity index (χ0) is 14.3. The van der Waals surface area contributed by atoms with Gasteiger partial charge in [-0.1, -0.05) is 48.1 Å². The molecule has 106 valence electrons. The molecule has 0 bridgehead atoms. The van der Waals surface area contributed by atoms with Crippen LogP contribution in [-0.4, -0.2) is 36.1 Å². The molecule has 0 fully saturated rings. The van der Waals surface area contributed by atoms with Crippen molar-refractivity contribution >= 4 is 33.1 Å². The number of halogens is 1. The van der Waals surface area contributed by atoms with E-state index < -0.39 is 0 Å². The van der Waals surface area contributed by atoms with Crippen LogP contribution in [0.1, 0.15) is 13.8 Å². The maximum Gasteiger partial charge on any atom is 0.120 e. The molecule has 5 heteroatoms. The maximum absolute atomic E-state index is 5.73. The first-order valence-electron chi connectivity index (χ1n) is 6.43. The lowest BCUT2D eigenvalue weighted by Gasteiger charge is -2.23. The van der Waals surface area contributed by atoms with Crippen LogP contribution in [0, 0.1) is 5.92 Å². The zero-order valence-electron chi connectivity index (χ0n) is 11.4. The number of benzene rings is 1. The van der Waals surface area contributed by atoms with E-state index in [9.17, 15) is 0 Å². The molecule has 2 N–H and O–H groups in total. The molecule has 19 heavy (non-hydrogen) atoms. The molecular formula is C14H21BrN2OS. The van der Waals surface area contributed by atoms with Gasteiger partial charge in [-0.15, -0.1) is 0 Å². The Kier molecular flexibility index (Phi) is 7.34. The summed E-state index contributed by atoms with van der Waals surface area (Å²) in [5.74, 6) is 1.12. The van der Waals surface area contributed by atoms with E-state index in [1.165, 1.54) is 0 Å². The highest BCUT2D eigenvalue weighted by atomic mass is 79.9. The van der Waals surface area contributed by atoms with Crippen LogP contribution in [0.4, 0.5) is 0 Å². The zero-order valence-corrected chi connectivity index (χ0v) is 13.8. The summed E-state index contributed by atoms with van der Waals surface area (Å²) in [6.45, 7) is 7.57. The van der Waals surface area contributed by atoms with Crippen molar-refractivity contribution in [2.75, 3.05) is 26.2 Å².